The van der Waals surface area contributed by atoms with Crippen molar-refractivity contribution >= 4 is 17.0 Å². The molecule has 6 heteroatoms. The van der Waals surface area contributed by atoms with E-state index in [0.29, 0.717) is 5.65 Å². The number of nitrogens with zero attached hydrogens (tertiary/aromatic N) is 3. The van der Waals surface area contributed by atoms with Gasteiger partial charge < -0.3 is 16.0 Å². The lowest BCUT2D eigenvalue weighted by molar-refractivity contribution is 0.350. The molecule has 18 heavy (non-hydrogen) atoms. The zero-order valence-corrected chi connectivity index (χ0v) is 10.9. The summed E-state index contributed by atoms with van der Waals surface area (Å²) in [7, 11) is 0. The molecule has 0 fully saturated rings. The van der Waals surface area contributed by atoms with Crippen LogP contribution in [-0.2, 0) is 0 Å². The third kappa shape index (κ3) is 2.95. The fourth-order valence-corrected chi connectivity index (χ4v) is 1.89. The van der Waals surface area contributed by atoms with Crippen molar-refractivity contribution in [2.24, 2.45) is 11.1 Å². The van der Waals surface area contributed by atoms with Crippen LogP contribution in [0.5, 0.6) is 0 Å². The maximum Gasteiger partial charge on any atom is 0.182 e. The van der Waals surface area contributed by atoms with Crippen molar-refractivity contribution in [1.29, 1.82) is 0 Å². The highest BCUT2D eigenvalue weighted by molar-refractivity contribution is 5.81. The van der Waals surface area contributed by atoms with Crippen molar-refractivity contribution in [1.82, 2.24) is 19.9 Å². The monoisotopic (exact) mass is 248 g/mol. The summed E-state index contributed by atoms with van der Waals surface area (Å²) in [5, 5.41) is 3.36. The molecule has 0 saturated heterocycles. The Hall–Kier alpha value is -1.69. The van der Waals surface area contributed by atoms with E-state index >= 15 is 0 Å². The number of imidazole rings is 1. The van der Waals surface area contributed by atoms with E-state index < -0.39 is 0 Å². The highest BCUT2D eigenvalue weighted by Gasteiger charge is 2.17. The molecule has 2 aromatic heterocycles. The number of anilines is 1. The zero-order valence-electron chi connectivity index (χ0n) is 10.9. The van der Waals surface area contributed by atoms with Gasteiger partial charge in [0.2, 0.25) is 0 Å². The van der Waals surface area contributed by atoms with Gasteiger partial charge in [-0.15, -0.1) is 0 Å². The molecule has 0 radical (unpaired) electrons. The van der Waals surface area contributed by atoms with E-state index in [1.165, 1.54) is 6.33 Å². The predicted octanol–water partition coefficient (Wildman–Crippen LogP) is 1.53. The molecular weight excluding hydrogens is 228 g/mol. The van der Waals surface area contributed by atoms with E-state index in [4.69, 9.17) is 5.73 Å². The molecular formula is C12H20N6. The first kappa shape index (κ1) is 12.8. The smallest absolute Gasteiger partial charge is 0.182 e. The summed E-state index contributed by atoms with van der Waals surface area (Å²) in [5.74, 6) is 0.804. The van der Waals surface area contributed by atoms with Crippen LogP contribution < -0.4 is 11.1 Å². The van der Waals surface area contributed by atoms with E-state index in [1.807, 2.05) is 0 Å². The van der Waals surface area contributed by atoms with Crippen LogP contribution in [0.25, 0.3) is 11.2 Å². The van der Waals surface area contributed by atoms with Gasteiger partial charge in [0, 0.05) is 6.54 Å². The van der Waals surface area contributed by atoms with Gasteiger partial charge in [0.05, 0.1) is 6.33 Å². The van der Waals surface area contributed by atoms with Crippen molar-refractivity contribution in [3.05, 3.63) is 12.7 Å². The van der Waals surface area contributed by atoms with Gasteiger partial charge in [0.15, 0.2) is 11.5 Å². The fraction of sp³-hybridized carbons (Fsp3) is 0.583. The van der Waals surface area contributed by atoms with Gasteiger partial charge >= 0.3 is 0 Å². The second-order valence-electron chi connectivity index (χ2n) is 5.23. The molecule has 0 aliphatic rings. The summed E-state index contributed by atoms with van der Waals surface area (Å²) in [4.78, 5) is 15.5. The minimum Gasteiger partial charge on any atom is -0.368 e. The molecule has 0 unspecified atom stereocenters. The SMILES string of the molecule is CC(C)(CCCN)CNc1ncnc2nc[nH]c12. The maximum atomic E-state index is 5.55. The Labute approximate surface area is 106 Å². The number of aromatic nitrogens is 4. The molecule has 0 saturated carbocycles. The number of fused-ring (bicyclic) bond motifs is 1. The molecule has 0 aromatic carbocycles. The molecule has 98 valence electrons. The fourth-order valence-electron chi connectivity index (χ4n) is 1.89. The molecule has 6 nitrogen and oxygen atoms in total. The lowest BCUT2D eigenvalue weighted by Crippen LogP contribution is -2.24. The Kier molecular flexibility index (Phi) is 3.76. The normalized spacial score (nSPS) is 11.9. The number of nitrogens with two attached hydrogens (primary N) is 1. The molecule has 0 bridgehead atoms. The average Bonchev–Trinajstić information content (AvgIpc) is 2.82. The minimum atomic E-state index is 0.191. The Morgan fingerprint density at radius 2 is 2.17 bits per heavy atom. The first-order valence-electron chi connectivity index (χ1n) is 6.20. The number of rotatable bonds is 6. The highest BCUT2D eigenvalue weighted by Crippen LogP contribution is 2.23. The predicted molar refractivity (Wildman–Crippen MR) is 72.2 cm³/mol. The van der Waals surface area contributed by atoms with E-state index in [1.54, 1.807) is 6.33 Å². The first-order chi connectivity index (χ1) is 8.62. The van der Waals surface area contributed by atoms with Crippen LogP contribution >= 0.6 is 0 Å². The van der Waals surface area contributed by atoms with Crippen molar-refractivity contribution in [3.8, 4) is 0 Å². The Bertz CT molecular complexity index is 504. The molecule has 0 aliphatic heterocycles. The maximum absolute atomic E-state index is 5.55. The summed E-state index contributed by atoms with van der Waals surface area (Å²) in [6.45, 7) is 6.03. The third-order valence-electron chi connectivity index (χ3n) is 3.02. The molecule has 4 N–H and O–H groups in total. The largest absolute Gasteiger partial charge is 0.368 e. The van der Waals surface area contributed by atoms with Gasteiger partial charge in [-0.3, -0.25) is 0 Å². The van der Waals surface area contributed by atoms with Crippen LogP contribution in [0.4, 0.5) is 5.82 Å². The van der Waals surface area contributed by atoms with Gasteiger partial charge in [0.25, 0.3) is 0 Å². The van der Waals surface area contributed by atoms with Gasteiger partial charge in [0.1, 0.15) is 11.8 Å². The topological polar surface area (TPSA) is 92.5 Å². The van der Waals surface area contributed by atoms with E-state index in [0.717, 1.165) is 37.3 Å². The lowest BCUT2D eigenvalue weighted by atomic mass is 9.88. The van der Waals surface area contributed by atoms with Crippen LogP contribution in [0.1, 0.15) is 26.7 Å². The van der Waals surface area contributed by atoms with E-state index in [9.17, 15) is 0 Å². The first-order valence-corrected chi connectivity index (χ1v) is 6.20. The van der Waals surface area contributed by atoms with Crippen LogP contribution in [-0.4, -0.2) is 33.0 Å². The Balaban J connectivity index is 2.03. The standard InChI is InChI=1S/C12H20N6/c1-12(2,4-3-5-13)6-14-10-9-11(16-7-15-9)18-8-17-10/h7-8H,3-6,13H2,1-2H3,(H2,14,15,16,17,18). The molecule has 2 aromatic rings. The summed E-state index contributed by atoms with van der Waals surface area (Å²) in [6.07, 6.45) is 5.29. The van der Waals surface area contributed by atoms with Crippen LogP contribution in [0.3, 0.4) is 0 Å². The lowest BCUT2D eigenvalue weighted by Gasteiger charge is -2.25. The quantitative estimate of drug-likeness (QED) is 0.721. The summed E-state index contributed by atoms with van der Waals surface area (Å²) in [6, 6.07) is 0. The zero-order chi connectivity index (χ0) is 13.0. The highest BCUT2D eigenvalue weighted by atomic mass is 15.1. The molecule has 2 rings (SSSR count). The third-order valence-corrected chi connectivity index (χ3v) is 3.02. The van der Waals surface area contributed by atoms with E-state index in [-0.39, 0.29) is 5.41 Å². The average molecular weight is 248 g/mol. The molecule has 0 amide bonds. The van der Waals surface area contributed by atoms with Gasteiger partial charge in [-0.1, -0.05) is 13.8 Å². The van der Waals surface area contributed by atoms with Gasteiger partial charge in [-0.25, -0.2) is 15.0 Å². The Morgan fingerprint density at radius 3 is 2.94 bits per heavy atom. The Morgan fingerprint density at radius 1 is 1.33 bits per heavy atom. The summed E-state index contributed by atoms with van der Waals surface area (Å²) >= 11 is 0. The van der Waals surface area contributed by atoms with Crippen molar-refractivity contribution < 1.29 is 0 Å². The minimum absolute atomic E-state index is 0.191. The summed E-state index contributed by atoms with van der Waals surface area (Å²) in [5.41, 5.74) is 7.28. The number of hydrogen-bond acceptors (Lipinski definition) is 5. The number of H-pyrrole nitrogens is 1. The second-order valence-corrected chi connectivity index (χ2v) is 5.23. The van der Waals surface area contributed by atoms with Crippen LogP contribution in [0.2, 0.25) is 0 Å². The summed E-state index contributed by atoms with van der Waals surface area (Å²) < 4.78 is 0. The second kappa shape index (κ2) is 5.30. The van der Waals surface area contributed by atoms with Gasteiger partial charge in [-0.2, -0.15) is 0 Å². The van der Waals surface area contributed by atoms with Crippen molar-refractivity contribution in [3.63, 3.8) is 0 Å². The number of hydrogen-bond donors (Lipinski definition) is 3. The number of aromatic amines is 1. The molecule has 0 spiro atoms. The van der Waals surface area contributed by atoms with E-state index in [2.05, 4.69) is 39.1 Å². The molecule has 2 heterocycles. The van der Waals surface area contributed by atoms with Crippen molar-refractivity contribution in [2.75, 3.05) is 18.4 Å². The van der Waals surface area contributed by atoms with Crippen LogP contribution in [0, 0.1) is 5.41 Å². The van der Waals surface area contributed by atoms with Gasteiger partial charge in [-0.05, 0) is 24.8 Å². The molecule has 0 atom stereocenters. The van der Waals surface area contributed by atoms with Crippen molar-refractivity contribution in [2.45, 2.75) is 26.7 Å². The van der Waals surface area contributed by atoms with Crippen LogP contribution in [0.15, 0.2) is 12.7 Å². The number of nitrogens with one attached hydrogen (secondary N) is 2. The molecule has 0 aliphatic carbocycles.